The van der Waals surface area contributed by atoms with Crippen molar-refractivity contribution in [1.82, 2.24) is 9.88 Å². The Bertz CT molecular complexity index is 930. The molecule has 2 heterocycles. The Hall–Kier alpha value is -2.92. The maximum absolute atomic E-state index is 13.0. The molecule has 0 fully saturated rings. The number of rotatable bonds is 4. The Kier molecular flexibility index (Phi) is 3.43. The molecule has 1 N–H and O–H groups in total. The number of nitrogens with one attached hydrogen (secondary N) is 1. The van der Waals surface area contributed by atoms with E-state index in [1.54, 1.807) is 19.4 Å². The molecule has 5 nitrogen and oxygen atoms in total. The van der Waals surface area contributed by atoms with Crippen LogP contribution in [0.3, 0.4) is 0 Å². The van der Waals surface area contributed by atoms with Gasteiger partial charge in [0.2, 0.25) is 0 Å². The van der Waals surface area contributed by atoms with Crippen LogP contribution < -0.4 is 0 Å². The number of carbonyl (C=O) groups excluding carboxylic acids is 2. The van der Waals surface area contributed by atoms with Crippen LogP contribution in [0.15, 0.2) is 54.7 Å². The molecule has 1 atom stereocenters. The fourth-order valence-corrected chi connectivity index (χ4v) is 3.32. The summed E-state index contributed by atoms with van der Waals surface area (Å²) in [5.41, 5.74) is 2.64. The van der Waals surface area contributed by atoms with Crippen LogP contribution in [0, 0.1) is 0 Å². The van der Waals surface area contributed by atoms with Crippen molar-refractivity contribution < 1.29 is 14.3 Å². The van der Waals surface area contributed by atoms with Crippen LogP contribution in [0.1, 0.15) is 32.3 Å². The third-order valence-corrected chi connectivity index (χ3v) is 4.44. The topological polar surface area (TPSA) is 62.4 Å². The zero-order chi connectivity index (χ0) is 16.7. The van der Waals surface area contributed by atoms with E-state index >= 15 is 0 Å². The van der Waals surface area contributed by atoms with Crippen molar-refractivity contribution in [2.24, 2.45) is 0 Å². The number of imide groups is 1. The molecule has 0 radical (unpaired) electrons. The number of hydrogen-bond donors (Lipinski definition) is 1. The maximum atomic E-state index is 13.0. The van der Waals surface area contributed by atoms with Gasteiger partial charge in [-0.05, 0) is 23.8 Å². The first-order valence-corrected chi connectivity index (χ1v) is 7.74. The number of carbonyl (C=O) groups is 2. The number of aromatic amines is 1. The van der Waals surface area contributed by atoms with E-state index in [1.165, 1.54) is 4.90 Å². The van der Waals surface area contributed by atoms with Crippen molar-refractivity contribution in [3.63, 3.8) is 0 Å². The third kappa shape index (κ3) is 2.06. The van der Waals surface area contributed by atoms with Crippen LogP contribution in [0.25, 0.3) is 10.9 Å². The van der Waals surface area contributed by atoms with Crippen molar-refractivity contribution in [1.29, 1.82) is 0 Å². The lowest BCUT2D eigenvalue weighted by molar-refractivity contribution is 0.0470. The van der Waals surface area contributed by atoms with Gasteiger partial charge in [0.15, 0.2) is 0 Å². The van der Waals surface area contributed by atoms with Crippen LogP contribution in [-0.2, 0) is 4.74 Å². The summed E-state index contributed by atoms with van der Waals surface area (Å²) in [6.07, 6.45) is 1.77. The first-order chi connectivity index (χ1) is 11.7. The fourth-order valence-electron chi connectivity index (χ4n) is 3.32. The van der Waals surface area contributed by atoms with Crippen LogP contribution in [0.5, 0.6) is 0 Å². The molecule has 0 spiro atoms. The van der Waals surface area contributed by atoms with Gasteiger partial charge in [0.25, 0.3) is 11.8 Å². The van der Waals surface area contributed by atoms with E-state index < -0.39 is 6.04 Å². The first-order valence-electron chi connectivity index (χ1n) is 7.74. The highest BCUT2D eigenvalue weighted by atomic mass is 16.5. The minimum Gasteiger partial charge on any atom is -0.382 e. The van der Waals surface area contributed by atoms with Gasteiger partial charge >= 0.3 is 0 Å². The van der Waals surface area contributed by atoms with E-state index in [0.717, 1.165) is 16.5 Å². The minimum atomic E-state index is -0.447. The molecule has 0 bridgehead atoms. The number of amides is 2. The van der Waals surface area contributed by atoms with E-state index in [2.05, 4.69) is 4.98 Å². The Morgan fingerprint density at radius 2 is 1.83 bits per heavy atom. The van der Waals surface area contributed by atoms with E-state index in [4.69, 9.17) is 4.74 Å². The average Bonchev–Trinajstić information content (AvgIpc) is 3.17. The molecule has 2 aromatic carbocycles. The maximum Gasteiger partial charge on any atom is 0.262 e. The Morgan fingerprint density at radius 3 is 2.58 bits per heavy atom. The smallest absolute Gasteiger partial charge is 0.262 e. The molecule has 0 saturated carbocycles. The van der Waals surface area contributed by atoms with Crippen LogP contribution in [0.2, 0.25) is 0 Å². The van der Waals surface area contributed by atoms with Crippen molar-refractivity contribution >= 4 is 22.7 Å². The summed E-state index contributed by atoms with van der Waals surface area (Å²) in [5, 5.41) is 0.776. The quantitative estimate of drug-likeness (QED) is 0.751. The third-order valence-electron chi connectivity index (χ3n) is 4.44. The summed E-state index contributed by atoms with van der Waals surface area (Å²) in [5.74, 6) is -0.546. The molecule has 1 aliphatic heterocycles. The largest absolute Gasteiger partial charge is 0.382 e. The Balaban J connectivity index is 1.84. The second-order valence-corrected chi connectivity index (χ2v) is 5.79. The second-order valence-electron chi connectivity index (χ2n) is 5.79. The number of methoxy groups -OCH3 is 1. The summed E-state index contributed by atoms with van der Waals surface area (Å²) in [6, 6.07) is 14.4. The highest BCUT2D eigenvalue weighted by molar-refractivity contribution is 6.26. The van der Waals surface area contributed by atoms with E-state index in [-0.39, 0.29) is 18.4 Å². The van der Waals surface area contributed by atoms with Crippen LogP contribution in [0.4, 0.5) is 0 Å². The van der Waals surface area contributed by atoms with Crippen LogP contribution in [-0.4, -0.2) is 35.4 Å². The second kappa shape index (κ2) is 5.62. The molecule has 120 valence electrons. The Morgan fingerprint density at radius 1 is 1.04 bits per heavy atom. The molecule has 0 saturated heterocycles. The molecule has 1 unspecified atom stereocenters. The Labute approximate surface area is 138 Å². The molecule has 2 amide bonds. The molecule has 5 heteroatoms. The molecular weight excluding hydrogens is 304 g/mol. The lowest BCUT2D eigenvalue weighted by Crippen LogP contribution is -2.36. The van der Waals surface area contributed by atoms with Gasteiger partial charge in [0.05, 0.1) is 23.8 Å². The molecule has 3 aromatic rings. The molecule has 0 aliphatic carbocycles. The van der Waals surface area contributed by atoms with Crippen molar-refractivity contribution in [2.75, 3.05) is 13.7 Å². The standard InChI is InChI=1S/C19H16N2O3/c1-24-11-16(12-5-3-2-4-6-12)21-18(22)14-7-8-15-13(9-10-20-15)17(14)19(21)23/h2-10,16,20H,11H2,1H3. The summed E-state index contributed by atoms with van der Waals surface area (Å²) in [6.45, 7) is 0.256. The first kappa shape index (κ1) is 14.7. The number of H-pyrrole nitrogens is 1. The number of aromatic nitrogens is 1. The van der Waals surface area contributed by atoms with Gasteiger partial charge in [-0.25, -0.2) is 0 Å². The molecule has 4 rings (SSSR count). The summed E-state index contributed by atoms with van der Waals surface area (Å²) in [4.78, 5) is 30.3. The number of nitrogens with zero attached hydrogens (tertiary/aromatic N) is 1. The highest BCUT2D eigenvalue weighted by Gasteiger charge is 2.41. The minimum absolute atomic E-state index is 0.256. The lowest BCUT2D eigenvalue weighted by atomic mass is 10.1. The zero-order valence-corrected chi connectivity index (χ0v) is 13.2. The van der Waals surface area contributed by atoms with E-state index in [0.29, 0.717) is 11.1 Å². The summed E-state index contributed by atoms with van der Waals surface area (Å²) in [7, 11) is 1.57. The van der Waals surface area contributed by atoms with Crippen molar-refractivity contribution in [2.45, 2.75) is 6.04 Å². The van der Waals surface area contributed by atoms with Gasteiger partial charge in [-0.2, -0.15) is 0 Å². The van der Waals surface area contributed by atoms with E-state index in [9.17, 15) is 9.59 Å². The van der Waals surface area contributed by atoms with Gasteiger partial charge in [-0.15, -0.1) is 0 Å². The van der Waals surface area contributed by atoms with Gasteiger partial charge in [-0.3, -0.25) is 14.5 Å². The monoisotopic (exact) mass is 320 g/mol. The predicted molar refractivity (Wildman–Crippen MR) is 89.9 cm³/mol. The van der Waals surface area contributed by atoms with Crippen molar-refractivity contribution in [3.05, 3.63) is 71.4 Å². The highest BCUT2D eigenvalue weighted by Crippen LogP contribution is 2.35. The summed E-state index contributed by atoms with van der Waals surface area (Å²) >= 11 is 0. The summed E-state index contributed by atoms with van der Waals surface area (Å²) < 4.78 is 5.29. The van der Waals surface area contributed by atoms with Crippen molar-refractivity contribution in [3.8, 4) is 0 Å². The SMILES string of the molecule is COCC(c1ccccc1)N1C(=O)c2ccc3[nH]ccc3c2C1=O. The van der Waals surface area contributed by atoms with Gasteiger partial charge in [-0.1, -0.05) is 30.3 Å². The molecular formula is C19H16N2O3. The van der Waals surface area contributed by atoms with Gasteiger partial charge in [0.1, 0.15) is 0 Å². The molecule has 1 aromatic heterocycles. The lowest BCUT2D eigenvalue weighted by Gasteiger charge is -2.26. The number of benzene rings is 2. The van der Waals surface area contributed by atoms with Gasteiger partial charge < -0.3 is 9.72 Å². The molecule has 24 heavy (non-hydrogen) atoms. The van der Waals surface area contributed by atoms with Gasteiger partial charge in [0, 0.05) is 24.2 Å². The average molecular weight is 320 g/mol. The zero-order valence-electron chi connectivity index (χ0n) is 13.2. The fraction of sp³-hybridized carbons (Fsp3) is 0.158. The van der Waals surface area contributed by atoms with Crippen LogP contribution >= 0.6 is 0 Å². The molecule has 1 aliphatic rings. The number of hydrogen-bond acceptors (Lipinski definition) is 3. The predicted octanol–water partition coefficient (Wildman–Crippen LogP) is 3.15. The van der Waals surface area contributed by atoms with E-state index in [1.807, 2.05) is 42.5 Å². The normalized spacial score (nSPS) is 15.1. The number of fused-ring (bicyclic) bond motifs is 3. The number of ether oxygens (including phenoxy) is 1.